The van der Waals surface area contributed by atoms with E-state index < -0.39 is 9.84 Å². The molecule has 0 saturated carbocycles. The summed E-state index contributed by atoms with van der Waals surface area (Å²) in [5.74, 6) is 1.66. The second-order valence-electron chi connectivity index (χ2n) is 6.71. The van der Waals surface area contributed by atoms with Gasteiger partial charge in [-0.05, 0) is 51.6 Å². The van der Waals surface area contributed by atoms with Gasteiger partial charge in [0, 0.05) is 12.5 Å². The van der Waals surface area contributed by atoms with E-state index in [1.54, 1.807) is 4.57 Å². The molecule has 130 valence electrons. The normalized spacial score (nSPS) is 25.5. The van der Waals surface area contributed by atoms with Crippen molar-refractivity contribution in [3.8, 4) is 0 Å². The van der Waals surface area contributed by atoms with Crippen LogP contribution in [0.25, 0.3) is 0 Å². The average molecular weight is 342 g/mol. The molecule has 2 saturated heterocycles. The molecule has 0 aromatic carbocycles. The fourth-order valence-corrected chi connectivity index (χ4v) is 5.53. The Morgan fingerprint density at radius 3 is 2.65 bits per heavy atom. The highest BCUT2D eigenvalue weighted by atomic mass is 32.2. The zero-order valence-corrected chi connectivity index (χ0v) is 14.5. The number of rotatable bonds is 4. The third-order valence-corrected chi connectivity index (χ3v) is 6.85. The van der Waals surface area contributed by atoms with Crippen LogP contribution in [0.5, 0.6) is 0 Å². The highest BCUT2D eigenvalue weighted by molar-refractivity contribution is 7.91. The Hall–Kier alpha value is -1.15. The van der Waals surface area contributed by atoms with Crippen LogP contribution in [-0.2, 0) is 22.9 Å². The van der Waals surface area contributed by atoms with Crippen molar-refractivity contribution >= 4 is 9.84 Å². The van der Waals surface area contributed by atoms with Crippen LogP contribution >= 0.6 is 0 Å². The highest BCUT2D eigenvalue weighted by Gasteiger charge is 2.28. The molecule has 0 radical (unpaired) electrons. The Bertz CT molecular complexity index is 701. The van der Waals surface area contributed by atoms with Gasteiger partial charge in [-0.1, -0.05) is 0 Å². The lowest BCUT2D eigenvalue weighted by molar-refractivity contribution is 0.392. The molecular formula is C15H26N4O3S. The van der Waals surface area contributed by atoms with Crippen LogP contribution in [0.4, 0.5) is 0 Å². The smallest absolute Gasteiger partial charge is 0.317 e. The summed E-state index contributed by atoms with van der Waals surface area (Å²) in [6.45, 7) is 4.90. The van der Waals surface area contributed by atoms with Gasteiger partial charge in [0.2, 0.25) is 0 Å². The minimum Gasteiger partial charge on any atom is -0.317 e. The molecule has 0 bridgehead atoms. The number of piperidine rings is 1. The molecule has 0 spiro atoms. The van der Waals surface area contributed by atoms with Gasteiger partial charge < -0.3 is 5.32 Å². The molecule has 3 rings (SSSR count). The van der Waals surface area contributed by atoms with Crippen molar-refractivity contribution in [2.75, 3.05) is 24.6 Å². The molecule has 2 aliphatic heterocycles. The Morgan fingerprint density at radius 2 is 2.00 bits per heavy atom. The van der Waals surface area contributed by atoms with Gasteiger partial charge in [0.05, 0.1) is 18.1 Å². The van der Waals surface area contributed by atoms with Crippen LogP contribution < -0.4 is 11.0 Å². The maximum Gasteiger partial charge on any atom is 0.345 e. The van der Waals surface area contributed by atoms with Crippen molar-refractivity contribution in [1.82, 2.24) is 19.7 Å². The molecule has 1 N–H and O–H groups in total. The molecule has 0 aliphatic carbocycles. The number of hydrogen-bond acceptors (Lipinski definition) is 5. The van der Waals surface area contributed by atoms with Gasteiger partial charge in [0.25, 0.3) is 0 Å². The predicted octanol–water partition coefficient (Wildman–Crippen LogP) is 0.357. The van der Waals surface area contributed by atoms with Gasteiger partial charge in [-0.3, -0.25) is 4.57 Å². The monoisotopic (exact) mass is 342 g/mol. The number of nitrogens with one attached hydrogen (secondary N) is 1. The summed E-state index contributed by atoms with van der Waals surface area (Å²) < 4.78 is 26.8. The van der Waals surface area contributed by atoms with Crippen molar-refractivity contribution in [2.24, 2.45) is 5.92 Å². The summed E-state index contributed by atoms with van der Waals surface area (Å²) in [6.07, 6.45) is 3.53. The summed E-state index contributed by atoms with van der Waals surface area (Å²) >= 11 is 0. The second kappa shape index (κ2) is 6.76. The van der Waals surface area contributed by atoms with Crippen LogP contribution in [0.2, 0.25) is 0 Å². The fraction of sp³-hybridized carbons (Fsp3) is 0.867. The van der Waals surface area contributed by atoms with Crippen molar-refractivity contribution in [1.29, 1.82) is 0 Å². The lowest BCUT2D eigenvalue weighted by Crippen LogP contribution is -2.33. The number of aromatic nitrogens is 3. The summed E-state index contributed by atoms with van der Waals surface area (Å²) in [5, 5.41) is 7.92. The van der Waals surface area contributed by atoms with Crippen LogP contribution in [0, 0.1) is 5.92 Å². The molecule has 23 heavy (non-hydrogen) atoms. The van der Waals surface area contributed by atoms with E-state index in [2.05, 4.69) is 10.4 Å². The molecular weight excluding hydrogens is 316 g/mol. The van der Waals surface area contributed by atoms with Gasteiger partial charge in [0.15, 0.2) is 9.84 Å². The lowest BCUT2D eigenvalue weighted by atomic mass is 9.97. The van der Waals surface area contributed by atoms with E-state index in [1.807, 2.05) is 6.92 Å². The molecule has 2 aliphatic rings. The first-order valence-corrected chi connectivity index (χ1v) is 10.4. The van der Waals surface area contributed by atoms with E-state index in [9.17, 15) is 13.2 Å². The summed E-state index contributed by atoms with van der Waals surface area (Å²) in [4.78, 5) is 12.6. The van der Waals surface area contributed by atoms with E-state index in [1.165, 1.54) is 4.68 Å². The van der Waals surface area contributed by atoms with Crippen LogP contribution in [0.15, 0.2) is 4.79 Å². The van der Waals surface area contributed by atoms with E-state index >= 15 is 0 Å². The molecule has 1 unspecified atom stereocenters. The molecule has 8 heteroatoms. The number of hydrogen-bond donors (Lipinski definition) is 1. The van der Waals surface area contributed by atoms with Gasteiger partial charge in [0.1, 0.15) is 5.82 Å². The van der Waals surface area contributed by atoms with Crippen molar-refractivity contribution in [3.63, 3.8) is 0 Å². The van der Waals surface area contributed by atoms with Crippen LogP contribution in [0.3, 0.4) is 0 Å². The van der Waals surface area contributed by atoms with Crippen LogP contribution in [0.1, 0.15) is 44.3 Å². The molecule has 1 aromatic heterocycles. The first kappa shape index (κ1) is 16.7. The first-order chi connectivity index (χ1) is 11.0. The zero-order valence-electron chi connectivity index (χ0n) is 13.7. The second-order valence-corrected chi connectivity index (χ2v) is 8.94. The lowest BCUT2D eigenvalue weighted by Gasteiger charge is -2.22. The minimum absolute atomic E-state index is 0.00697. The van der Waals surface area contributed by atoms with Crippen molar-refractivity contribution in [2.45, 2.75) is 51.6 Å². The standard InChI is InChI=1S/C15H26N4O3S/c1-2-18-14(13-5-7-16-8-6-13)17-19(15(18)20)10-12-4-3-9-23(21,22)11-12/h12-13,16H,2-11H2,1H3. The summed E-state index contributed by atoms with van der Waals surface area (Å²) in [7, 11) is -2.95. The summed E-state index contributed by atoms with van der Waals surface area (Å²) in [5.41, 5.74) is -0.0935. The maximum absolute atomic E-state index is 12.6. The first-order valence-electron chi connectivity index (χ1n) is 8.59. The van der Waals surface area contributed by atoms with E-state index in [0.29, 0.717) is 25.4 Å². The molecule has 1 atom stereocenters. The number of sulfone groups is 1. The van der Waals surface area contributed by atoms with Gasteiger partial charge in [-0.25, -0.2) is 17.9 Å². The summed E-state index contributed by atoms with van der Waals surface area (Å²) in [6, 6.07) is 0. The van der Waals surface area contributed by atoms with Crippen LogP contribution in [-0.4, -0.2) is 47.4 Å². The molecule has 7 nitrogen and oxygen atoms in total. The topological polar surface area (TPSA) is 86.0 Å². The van der Waals surface area contributed by atoms with E-state index in [-0.39, 0.29) is 23.1 Å². The van der Waals surface area contributed by atoms with E-state index in [4.69, 9.17) is 0 Å². The van der Waals surface area contributed by atoms with Gasteiger partial charge in [-0.2, -0.15) is 5.10 Å². The van der Waals surface area contributed by atoms with Gasteiger partial charge in [-0.15, -0.1) is 0 Å². The Morgan fingerprint density at radius 1 is 1.26 bits per heavy atom. The third kappa shape index (κ3) is 3.68. The number of nitrogens with zero attached hydrogens (tertiary/aromatic N) is 3. The average Bonchev–Trinajstić information content (AvgIpc) is 2.83. The molecule has 0 amide bonds. The molecule has 2 fully saturated rings. The third-order valence-electron chi connectivity index (χ3n) is 4.96. The Kier molecular flexibility index (Phi) is 4.91. The van der Waals surface area contributed by atoms with E-state index in [0.717, 1.165) is 38.2 Å². The van der Waals surface area contributed by atoms with Crippen molar-refractivity contribution in [3.05, 3.63) is 16.3 Å². The SMILES string of the molecule is CCn1c(C2CCNCC2)nn(CC2CCCS(=O)(=O)C2)c1=O. The Balaban J connectivity index is 1.82. The quantitative estimate of drug-likeness (QED) is 0.854. The molecule has 1 aromatic rings. The van der Waals surface area contributed by atoms with Gasteiger partial charge >= 0.3 is 5.69 Å². The largest absolute Gasteiger partial charge is 0.345 e. The highest BCUT2D eigenvalue weighted by Crippen LogP contribution is 2.24. The van der Waals surface area contributed by atoms with Crippen molar-refractivity contribution < 1.29 is 8.42 Å². The molecule has 3 heterocycles. The Labute approximate surface area is 137 Å². The predicted molar refractivity (Wildman–Crippen MR) is 88.4 cm³/mol. The zero-order chi connectivity index (χ0) is 16.4. The minimum atomic E-state index is -2.95. The maximum atomic E-state index is 12.6. The fourth-order valence-electron chi connectivity index (χ4n) is 3.76.